The predicted octanol–water partition coefficient (Wildman–Crippen LogP) is 8.50. The van der Waals surface area contributed by atoms with E-state index in [1.165, 1.54) is 44.9 Å². The third-order valence-corrected chi connectivity index (χ3v) is 6.55. The van der Waals surface area contributed by atoms with Gasteiger partial charge >= 0.3 is 0 Å². The fourth-order valence-electron chi connectivity index (χ4n) is 3.19. The molecule has 0 unspecified atom stereocenters. The highest BCUT2D eigenvalue weighted by molar-refractivity contribution is 14.1. The first-order valence-corrected chi connectivity index (χ1v) is 12.7. The van der Waals surface area contributed by atoms with Crippen molar-refractivity contribution in [3.8, 4) is 17.2 Å². The number of hydrogen-bond donors (Lipinski definition) is 1. The molecule has 0 saturated carbocycles. The highest BCUT2D eigenvalue weighted by Gasteiger charge is 2.09. The molecule has 2 aromatic carbocycles. The van der Waals surface area contributed by atoms with Crippen LogP contribution in [0, 0.1) is 7.14 Å². The summed E-state index contributed by atoms with van der Waals surface area (Å²) in [4.78, 5) is 12.4. The number of halogens is 2. The van der Waals surface area contributed by atoms with E-state index in [1.54, 1.807) is 12.1 Å². The molecule has 0 amide bonds. The van der Waals surface area contributed by atoms with Gasteiger partial charge in [-0.15, -0.1) is 0 Å². The lowest BCUT2D eigenvalue weighted by Gasteiger charge is -2.09. The number of Topliss-reactive ketones (excluding diaryl/α,β-unsaturated/α-hetero) is 1. The van der Waals surface area contributed by atoms with Crippen molar-refractivity contribution in [1.29, 1.82) is 0 Å². The highest BCUT2D eigenvalue weighted by Crippen LogP contribution is 2.33. The Labute approximate surface area is 201 Å². The molecule has 29 heavy (non-hydrogen) atoms. The van der Waals surface area contributed by atoms with Gasteiger partial charge in [-0.25, -0.2) is 0 Å². The summed E-state index contributed by atoms with van der Waals surface area (Å²) in [5, 5.41) is 9.85. The maximum absolute atomic E-state index is 12.4. The molecule has 158 valence electrons. The Morgan fingerprint density at radius 2 is 1.34 bits per heavy atom. The van der Waals surface area contributed by atoms with E-state index in [0.717, 1.165) is 25.5 Å². The monoisotopic (exact) mass is 620 g/mol. The second-order valence-corrected chi connectivity index (χ2v) is 9.69. The summed E-state index contributed by atoms with van der Waals surface area (Å²) in [5.41, 5.74) is 0.742. The van der Waals surface area contributed by atoms with E-state index in [0.29, 0.717) is 17.9 Å². The molecule has 0 heterocycles. The Morgan fingerprint density at radius 3 is 1.90 bits per heavy atom. The van der Waals surface area contributed by atoms with E-state index in [9.17, 15) is 9.90 Å². The first kappa shape index (κ1) is 24.4. The van der Waals surface area contributed by atoms with Crippen molar-refractivity contribution < 1.29 is 14.6 Å². The molecule has 2 rings (SSSR count). The summed E-state index contributed by atoms with van der Waals surface area (Å²) in [5.74, 6) is 1.83. The first-order valence-electron chi connectivity index (χ1n) is 10.5. The molecule has 0 aliphatic carbocycles. The standard InChI is InChI=1S/C24H30I2O3/c1-2-3-4-5-6-7-8-9-10-11-23(27)18-12-14-19(15-13-18)29-20-16-21(25)24(28)22(26)17-20/h12-17,28H,2-11H2,1H3. The van der Waals surface area contributed by atoms with Crippen molar-refractivity contribution in [1.82, 2.24) is 0 Å². The van der Waals surface area contributed by atoms with Gasteiger partial charge < -0.3 is 9.84 Å². The van der Waals surface area contributed by atoms with Gasteiger partial charge in [0.05, 0.1) is 7.14 Å². The van der Waals surface area contributed by atoms with Gasteiger partial charge in [-0.05, 0) is 88.0 Å². The number of ketones is 1. The van der Waals surface area contributed by atoms with Crippen molar-refractivity contribution in [3.05, 3.63) is 49.1 Å². The van der Waals surface area contributed by atoms with Crippen LogP contribution in [0.5, 0.6) is 17.2 Å². The smallest absolute Gasteiger partial charge is 0.162 e. The first-order chi connectivity index (χ1) is 14.0. The molecule has 0 aromatic heterocycles. The fraction of sp³-hybridized carbons (Fsp3) is 0.458. The minimum absolute atomic E-state index is 0.202. The Hall–Kier alpha value is -0.830. The van der Waals surface area contributed by atoms with Crippen molar-refractivity contribution in [2.75, 3.05) is 0 Å². The minimum atomic E-state index is 0.202. The van der Waals surface area contributed by atoms with Crippen molar-refractivity contribution >= 4 is 51.0 Å². The maximum atomic E-state index is 12.4. The van der Waals surface area contributed by atoms with Crippen LogP contribution in [0.3, 0.4) is 0 Å². The Bertz CT molecular complexity index is 749. The molecule has 0 aliphatic rings. The van der Waals surface area contributed by atoms with Crippen LogP contribution in [0.4, 0.5) is 0 Å². The van der Waals surface area contributed by atoms with E-state index in [1.807, 2.05) is 24.3 Å². The molecule has 0 atom stereocenters. The van der Waals surface area contributed by atoms with Crippen molar-refractivity contribution in [3.63, 3.8) is 0 Å². The van der Waals surface area contributed by atoms with Crippen LogP contribution in [-0.2, 0) is 0 Å². The molecule has 3 nitrogen and oxygen atoms in total. The summed E-state index contributed by atoms with van der Waals surface area (Å²) in [6.07, 6.45) is 11.9. The summed E-state index contributed by atoms with van der Waals surface area (Å²) in [6, 6.07) is 10.9. The predicted molar refractivity (Wildman–Crippen MR) is 136 cm³/mol. The number of carbonyl (C=O) groups is 1. The normalized spacial score (nSPS) is 10.9. The van der Waals surface area contributed by atoms with E-state index in [4.69, 9.17) is 4.74 Å². The van der Waals surface area contributed by atoms with Crippen molar-refractivity contribution in [2.24, 2.45) is 0 Å². The van der Waals surface area contributed by atoms with Crippen LogP contribution in [0.25, 0.3) is 0 Å². The van der Waals surface area contributed by atoms with Gasteiger partial charge in [-0.3, -0.25) is 4.79 Å². The average molecular weight is 620 g/mol. The average Bonchev–Trinajstić information content (AvgIpc) is 2.71. The van der Waals surface area contributed by atoms with Gasteiger partial charge in [0.25, 0.3) is 0 Å². The second-order valence-electron chi connectivity index (χ2n) is 7.36. The lowest BCUT2D eigenvalue weighted by Crippen LogP contribution is -1.99. The fourth-order valence-corrected chi connectivity index (χ4v) is 4.90. The molecule has 1 N–H and O–H groups in total. The van der Waals surface area contributed by atoms with E-state index >= 15 is 0 Å². The minimum Gasteiger partial charge on any atom is -0.506 e. The quantitative estimate of drug-likeness (QED) is 0.139. The van der Waals surface area contributed by atoms with E-state index in [2.05, 4.69) is 52.1 Å². The van der Waals surface area contributed by atoms with Crippen LogP contribution in [0.15, 0.2) is 36.4 Å². The number of phenolic OH excluding ortho intramolecular Hbond substituents is 1. The summed E-state index contributed by atoms with van der Waals surface area (Å²) in [6.45, 7) is 2.24. The van der Waals surface area contributed by atoms with E-state index < -0.39 is 0 Å². The lowest BCUT2D eigenvalue weighted by atomic mass is 10.0. The zero-order valence-corrected chi connectivity index (χ0v) is 21.4. The molecule has 0 saturated heterocycles. The van der Waals surface area contributed by atoms with Crippen LogP contribution >= 0.6 is 45.2 Å². The van der Waals surface area contributed by atoms with E-state index in [-0.39, 0.29) is 11.5 Å². The van der Waals surface area contributed by atoms with Crippen LogP contribution < -0.4 is 4.74 Å². The molecular formula is C24H30I2O3. The number of phenols is 1. The number of aromatic hydroxyl groups is 1. The molecule has 0 spiro atoms. The number of benzene rings is 2. The number of ether oxygens (including phenoxy) is 1. The molecule has 0 aliphatic heterocycles. The molecule has 0 fully saturated rings. The summed E-state index contributed by atoms with van der Waals surface area (Å²) in [7, 11) is 0. The molecule has 0 bridgehead atoms. The van der Waals surface area contributed by atoms with Gasteiger partial charge in [0.2, 0.25) is 0 Å². The number of rotatable bonds is 13. The van der Waals surface area contributed by atoms with Crippen LogP contribution in [0.1, 0.15) is 81.5 Å². The summed E-state index contributed by atoms with van der Waals surface area (Å²) < 4.78 is 7.35. The Kier molecular flexibility index (Phi) is 11.4. The van der Waals surface area contributed by atoms with Crippen LogP contribution in [0.2, 0.25) is 0 Å². The number of hydrogen-bond acceptors (Lipinski definition) is 3. The molecule has 5 heteroatoms. The maximum Gasteiger partial charge on any atom is 0.162 e. The Morgan fingerprint density at radius 1 is 0.828 bits per heavy atom. The van der Waals surface area contributed by atoms with Gasteiger partial charge in [-0.2, -0.15) is 0 Å². The van der Waals surface area contributed by atoms with Gasteiger partial charge in [0.1, 0.15) is 17.2 Å². The van der Waals surface area contributed by atoms with Gasteiger partial charge in [-0.1, -0.05) is 58.3 Å². The number of carbonyl (C=O) groups excluding carboxylic acids is 1. The zero-order valence-electron chi connectivity index (χ0n) is 17.1. The zero-order chi connectivity index (χ0) is 21.1. The number of unbranched alkanes of at least 4 members (excludes halogenated alkanes) is 8. The summed E-state index contributed by atoms with van der Waals surface area (Å²) >= 11 is 4.16. The van der Waals surface area contributed by atoms with Gasteiger partial charge in [0.15, 0.2) is 5.78 Å². The van der Waals surface area contributed by atoms with Gasteiger partial charge in [0, 0.05) is 12.0 Å². The molecule has 2 aromatic rings. The Balaban J connectivity index is 1.72. The SMILES string of the molecule is CCCCCCCCCCCC(=O)c1ccc(Oc2cc(I)c(O)c(I)c2)cc1. The molecular weight excluding hydrogens is 590 g/mol. The van der Waals surface area contributed by atoms with Crippen LogP contribution in [-0.4, -0.2) is 10.9 Å². The second kappa shape index (κ2) is 13.5. The topological polar surface area (TPSA) is 46.5 Å². The van der Waals surface area contributed by atoms with Crippen molar-refractivity contribution in [2.45, 2.75) is 71.1 Å². The molecule has 0 radical (unpaired) electrons. The lowest BCUT2D eigenvalue weighted by molar-refractivity contribution is 0.0979. The largest absolute Gasteiger partial charge is 0.506 e. The highest BCUT2D eigenvalue weighted by atomic mass is 127. The third-order valence-electron chi connectivity index (χ3n) is 4.91. The third kappa shape index (κ3) is 8.82.